The molecule has 1 aromatic heterocycles. The van der Waals surface area contributed by atoms with Crippen LogP contribution in [0, 0.1) is 17.0 Å². The molecule has 144 valence electrons. The molecule has 8 nitrogen and oxygen atoms in total. The molecule has 0 saturated carbocycles. The molecule has 0 radical (unpaired) electrons. The molecule has 0 atom stereocenters. The summed E-state index contributed by atoms with van der Waals surface area (Å²) in [5, 5.41) is 14.2. The summed E-state index contributed by atoms with van der Waals surface area (Å²) in [5.41, 5.74) is 1.35. The minimum Gasteiger partial charge on any atom is -0.484 e. The molecule has 3 aromatic rings. The summed E-state index contributed by atoms with van der Waals surface area (Å²) in [6.45, 7) is 3.39. The molecule has 0 aliphatic rings. The number of anilines is 1. The zero-order valence-electron chi connectivity index (χ0n) is 15.4. The molecular weight excluding hydrogens is 364 g/mol. The summed E-state index contributed by atoms with van der Waals surface area (Å²) >= 11 is 0. The number of aryl methyl sites for hydroxylation is 1. The number of fused-ring (bicyclic) bond motifs is 1. The van der Waals surface area contributed by atoms with E-state index in [1.807, 2.05) is 13.8 Å². The average Bonchev–Trinajstić information content (AvgIpc) is 2.66. The third-order valence-corrected chi connectivity index (χ3v) is 4.36. The van der Waals surface area contributed by atoms with Crippen molar-refractivity contribution in [3.63, 3.8) is 0 Å². The Labute approximate surface area is 159 Å². The zero-order chi connectivity index (χ0) is 20.3. The van der Waals surface area contributed by atoms with Crippen LogP contribution in [0.1, 0.15) is 18.1 Å². The molecule has 0 bridgehead atoms. The monoisotopic (exact) mass is 382 g/mol. The van der Waals surface area contributed by atoms with E-state index in [-0.39, 0.29) is 18.0 Å². The Hall–Kier alpha value is -3.68. The standard InChI is InChI=1S/C20H18N2O6/c1-3-14-12(2)15-9-8-13(10-18(15)28-20(14)24)27-11-19(23)21-16-6-4-5-7-17(16)22(25)26/h4-10H,3,11H2,1-2H3,(H,21,23). The Morgan fingerprint density at radius 2 is 2.00 bits per heavy atom. The smallest absolute Gasteiger partial charge is 0.339 e. The number of para-hydroxylation sites is 2. The Morgan fingerprint density at radius 1 is 1.25 bits per heavy atom. The summed E-state index contributed by atoms with van der Waals surface area (Å²) in [6, 6.07) is 10.8. The van der Waals surface area contributed by atoms with Gasteiger partial charge in [-0.05, 0) is 37.1 Å². The quantitative estimate of drug-likeness (QED) is 0.396. The number of rotatable bonds is 6. The minimum atomic E-state index is -0.575. The molecule has 2 aromatic carbocycles. The highest BCUT2D eigenvalue weighted by Crippen LogP contribution is 2.25. The predicted molar refractivity (Wildman–Crippen MR) is 104 cm³/mol. The summed E-state index contributed by atoms with van der Waals surface area (Å²) in [7, 11) is 0. The van der Waals surface area contributed by atoms with Crippen molar-refractivity contribution in [1.82, 2.24) is 0 Å². The second-order valence-electron chi connectivity index (χ2n) is 6.12. The van der Waals surface area contributed by atoms with Gasteiger partial charge < -0.3 is 14.5 Å². The van der Waals surface area contributed by atoms with Crippen molar-refractivity contribution in [3.05, 3.63) is 74.1 Å². The molecule has 1 amide bonds. The van der Waals surface area contributed by atoms with Gasteiger partial charge in [0, 0.05) is 23.1 Å². The second-order valence-corrected chi connectivity index (χ2v) is 6.12. The van der Waals surface area contributed by atoms with Crippen molar-refractivity contribution in [3.8, 4) is 5.75 Å². The molecule has 0 spiro atoms. The predicted octanol–water partition coefficient (Wildman–Crippen LogP) is 3.59. The first-order valence-electron chi connectivity index (χ1n) is 8.63. The number of nitro benzene ring substituents is 1. The fourth-order valence-electron chi connectivity index (χ4n) is 2.95. The lowest BCUT2D eigenvalue weighted by Crippen LogP contribution is -2.20. The van der Waals surface area contributed by atoms with Gasteiger partial charge in [-0.1, -0.05) is 19.1 Å². The molecule has 0 saturated heterocycles. The van der Waals surface area contributed by atoms with E-state index in [0.29, 0.717) is 23.3 Å². The summed E-state index contributed by atoms with van der Waals surface area (Å²) < 4.78 is 10.8. The van der Waals surface area contributed by atoms with E-state index >= 15 is 0 Å². The van der Waals surface area contributed by atoms with E-state index in [0.717, 1.165) is 10.9 Å². The molecule has 8 heteroatoms. The number of hydrogen-bond acceptors (Lipinski definition) is 6. The van der Waals surface area contributed by atoms with E-state index in [4.69, 9.17) is 9.15 Å². The van der Waals surface area contributed by atoms with Gasteiger partial charge in [0.1, 0.15) is 17.0 Å². The van der Waals surface area contributed by atoms with Gasteiger partial charge in [-0.25, -0.2) is 4.79 Å². The number of ether oxygens (including phenoxy) is 1. The molecule has 0 aliphatic heterocycles. The number of hydrogen-bond donors (Lipinski definition) is 1. The lowest BCUT2D eigenvalue weighted by atomic mass is 10.0. The van der Waals surface area contributed by atoms with Crippen LogP contribution in [0.2, 0.25) is 0 Å². The molecular formula is C20H18N2O6. The van der Waals surface area contributed by atoms with Crippen molar-refractivity contribution in [2.75, 3.05) is 11.9 Å². The van der Waals surface area contributed by atoms with Crippen LogP contribution in [-0.4, -0.2) is 17.4 Å². The lowest BCUT2D eigenvalue weighted by Gasteiger charge is -2.10. The SMILES string of the molecule is CCc1c(C)c2ccc(OCC(=O)Nc3ccccc3[N+](=O)[O-])cc2oc1=O. The average molecular weight is 382 g/mol. The van der Waals surface area contributed by atoms with Crippen molar-refractivity contribution in [2.45, 2.75) is 20.3 Å². The minimum absolute atomic E-state index is 0.0910. The topological polar surface area (TPSA) is 112 Å². The molecule has 28 heavy (non-hydrogen) atoms. The number of benzene rings is 2. The molecule has 3 rings (SSSR count). The van der Waals surface area contributed by atoms with Crippen molar-refractivity contribution < 1.29 is 18.9 Å². The third kappa shape index (κ3) is 3.85. The van der Waals surface area contributed by atoms with Crippen molar-refractivity contribution in [2.24, 2.45) is 0 Å². The fourth-order valence-corrected chi connectivity index (χ4v) is 2.95. The number of amides is 1. The lowest BCUT2D eigenvalue weighted by molar-refractivity contribution is -0.383. The van der Waals surface area contributed by atoms with E-state index in [1.54, 1.807) is 24.3 Å². The van der Waals surface area contributed by atoms with Crippen LogP contribution in [0.5, 0.6) is 5.75 Å². The van der Waals surface area contributed by atoms with Gasteiger partial charge in [-0.3, -0.25) is 14.9 Å². The van der Waals surface area contributed by atoms with E-state index in [1.165, 1.54) is 18.2 Å². The van der Waals surface area contributed by atoms with Gasteiger partial charge in [0.05, 0.1) is 4.92 Å². The van der Waals surface area contributed by atoms with Gasteiger partial charge in [-0.15, -0.1) is 0 Å². The van der Waals surface area contributed by atoms with Crippen molar-refractivity contribution in [1.29, 1.82) is 0 Å². The normalized spacial score (nSPS) is 10.6. The highest BCUT2D eigenvalue weighted by molar-refractivity contribution is 5.94. The van der Waals surface area contributed by atoms with Crippen LogP contribution in [0.3, 0.4) is 0 Å². The molecule has 0 fully saturated rings. The van der Waals surface area contributed by atoms with Crippen LogP contribution in [0.4, 0.5) is 11.4 Å². The van der Waals surface area contributed by atoms with Gasteiger partial charge >= 0.3 is 5.63 Å². The Bertz CT molecular complexity index is 1120. The third-order valence-electron chi connectivity index (χ3n) is 4.36. The highest BCUT2D eigenvalue weighted by Gasteiger charge is 2.15. The Morgan fingerprint density at radius 3 is 2.71 bits per heavy atom. The molecule has 1 heterocycles. The van der Waals surface area contributed by atoms with Gasteiger partial charge in [0.15, 0.2) is 6.61 Å². The molecule has 0 unspecified atom stereocenters. The van der Waals surface area contributed by atoms with Gasteiger partial charge in [0.2, 0.25) is 0 Å². The highest BCUT2D eigenvalue weighted by atomic mass is 16.6. The largest absolute Gasteiger partial charge is 0.484 e. The van der Waals surface area contributed by atoms with E-state index < -0.39 is 16.5 Å². The summed E-state index contributed by atoms with van der Waals surface area (Å²) in [4.78, 5) is 34.5. The maximum Gasteiger partial charge on any atom is 0.339 e. The van der Waals surface area contributed by atoms with Crippen LogP contribution >= 0.6 is 0 Å². The first-order chi connectivity index (χ1) is 13.4. The number of carbonyl (C=O) groups is 1. The molecule has 1 N–H and O–H groups in total. The van der Waals surface area contributed by atoms with Gasteiger partial charge in [-0.2, -0.15) is 0 Å². The second kappa shape index (κ2) is 7.91. The number of carbonyl (C=O) groups excluding carboxylic acids is 1. The van der Waals surface area contributed by atoms with Crippen LogP contribution < -0.4 is 15.7 Å². The zero-order valence-corrected chi connectivity index (χ0v) is 15.4. The number of nitrogens with one attached hydrogen (secondary N) is 1. The maximum atomic E-state index is 12.1. The Balaban J connectivity index is 1.74. The van der Waals surface area contributed by atoms with E-state index in [9.17, 15) is 19.7 Å². The number of nitrogens with zero attached hydrogens (tertiary/aromatic N) is 1. The number of nitro groups is 1. The Kier molecular flexibility index (Phi) is 5.39. The molecule has 0 aliphatic carbocycles. The van der Waals surface area contributed by atoms with Crippen molar-refractivity contribution >= 4 is 28.3 Å². The van der Waals surface area contributed by atoms with E-state index in [2.05, 4.69) is 5.32 Å². The van der Waals surface area contributed by atoms with Crippen LogP contribution in [0.15, 0.2) is 51.7 Å². The summed E-state index contributed by atoms with van der Waals surface area (Å²) in [5.74, 6) is -0.203. The summed E-state index contributed by atoms with van der Waals surface area (Å²) in [6.07, 6.45) is 0.578. The first kappa shape index (κ1) is 19.1. The first-order valence-corrected chi connectivity index (χ1v) is 8.63. The van der Waals surface area contributed by atoms with Crippen LogP contribution in [-0.2, 0) is 11.2 Å². The fraction of sp³-hybridized carbons (Fsp3) is 0.200. The van der Waals surface area contributed by atoms with Crippen LogP contribution in [0.25, 0.3) is 11.0 Å². The van der Waals surface area contributed by atoms with Gasteiger partial charge in [0.25, 0.3) is 11.6 Å². The maximum absolute atomic E-state index is 12.1.